The van der Waals surface area contributed by atoms with E-state index in [4.69, 9.17) is 22.4 Å². The van der Waals surface area contributed by atoms with Crippen molar-refractivity contribution in [2.75, 3.05) is 13.1 Å². The van der Waals surface area contributed by atoms with E-state index >= 15 is 0 Å². The number of nitrogens with zero attached hydrogens (tertiary/aromatic N) is 1. The van der Waals surface area contributed by atoms with Crippen LogP contribution in [0.25, 0.3) is 0 Å². The van der Waals surface area contributed by atoms with Gasteiger partial charge in [0, 0.05) is 23.7 Å². The average Bonchev–Trinajstić information content (AvgIpc) is 2.31. The molecule has 0 radical (unpaired) electrons. The van der Waals surface area contributed by atoms with E-state index in [1.165, 1.54) is 6.07 Å². The zero-order chi connectivity index (χ0) is 14.4. The van der Waals surface area contributed by atoms with Gasteiger partial charge < -0.3 is 10.8 Å². The van der Waals surface area contributed by atoms with Crippen LogP contribution in [-0.2, 0) is 11.3 Å². The Hall–Kier alpha value is -1.85. The molecule has 1 rings (SSSR count). The number of carbonyl (C=O) groups is 2. The molecule has 0 aliphatic carbocycles. The molecule has 19 heavy (non-hydrogen) atoms. The summed E-state index contributed by atoms with van der Waals surface area (Å²) in [7, 11) is 0. The van der Waals surface area contributed by atoms with Crippen molar-refractivity contribution < 1.29 is 14.7 Å². The van der Waals surface area contributed by atoms with Crippen LogP contribution in [0.4, 0.5) is 0 Å². The van der Waals surface area contributed by atoms with E-state index in [1.54, 1.807) is 23.1 Å². The van der Waals surface area contributed by atoms with Crippen molar-refractivity contribution in [1.82, 2.24) is 4.90 Å². The van der Waals surface area contributed by atoms with Crippen LogP contribution >= 0.6 is 11.6 Å². The lowest BCUT2D eigenvalue weighted by molar-refractivity contribution is -0.138. The Kier molecular flexibility index (Phi) is 5.54. The number of benzene rings is 1. The number of carbonyl (C=O) groups excluding carboxylic acids is 1. The molecule has 0 fully saturated rings. The third kappa shape index (κ3) is 4.73. The number of amides is 1. The fourth-order valence-corrected chi connectivity index (χ4v) is 1.87. The maximum atomic E-state index is 11.0. The van der Waals surface area contributed by atoms with E-state index in [2.05, 4.69) is 6.58 Å². The topological polar surface area (TPSA) is 83.6 Å². The first kappa shape index (κ1) is 15.2. The highest BCUT2D eigenvalue weighted by molar-refractivity contribution is 6.31. The standard InChI is InChI=1S/C13H15ClN2O3/c1-2-5-16(8-12(17)18)7-10-4-3-9(13(15)19)6-11(10)14/h2-4,6H,1,5,7-8H2,(H2,15,19)(H,17,18). The van der Waals surface area contributed by atoms with Crippen LogP contribution in [0, 0.1) is 0 Å². The Labute approximate surface area is 116 Å². The molecular weight excluding hydrogens is 268 g/mol. The highest BCUT2D eigenvalue weighted by atomic mass is 35.5. The highest BCUT2D eigenvalue weighted by Gasteiger charge is 2.12. The number of rotatable bonds is 7. The molecule has 0 aliphatic heterocycles. The van der Waals surface area contributed by atoms with Crippen LogP contribution in [0.1, 0.15) is 15.9 Å². The maximum Gasteiger partial charge on any atom is 0.317 e. The van der Waals surface area contributed by atoms with Gasteiger partial charge in [0.25, 0.3) is 0 Å². The van der Waals surface area contributed by atoms with Gasteiger partial charge in [-0.25, -0.2) is 0 Å². The van der Waals surface area contributed by atoms with E-state index < -0.39 is 11.9 Å². The SMILES string of the molecule is C=CCN(CC(=O)O)Cc1ccc(C(N)=O)cc1Cl. The molecule has 0 atom stereocenters. The van der Waals surface area contributed by atoms with Gasteiger partial charge >= 0.3 is 5.97 Å². The van der Waals surface area contributed by atoms with Crippen LogP contribution < -0.4 is 5.73 Å². The molecule has 5 nitrogen and oxygen atoms in total. The van der Waals surface area contributed by atoms with Crippen molar-refractivity contribution in [3.8, 4) is 0 Å². The van der Waals surface area contributed by atoms with E-state index in [0.29, 0.717) is 23.7 Å². The number of hydrogen-bond donors (Lipinski definition) is 2. The molecule has 3 N–H and O–H groups in total. The molecule has 1 aromatic rings. The van der Waals surface area contributed by atoms with Gasteiger partial charge in [-0.15, -0.1) is 6.58 Å². The van der Waals surface area contributed by atoms with Crippen molar-refractivity contribution >= 4 is 23.5 Å². The minimum Gasteiger partial charge on any atom is -0.480 e. The first-order valence-electron chi connectivity index (χ1n) is 5.57. The molecule has 102 valence electrons. The van der Waals surface area contributed by atoms with Crippen LogP contribution in [0.15, 0.2) is 30.9 Å². The van der Waals surface area contributed by atoms with E-state index in [0.717, 1.165) is 5.56 Å². The molecule has 0 saturated heterocycles. The Morgan fingerprint density at radius 1 is 1.47 bits per heavy atom. The van der Waals surface area contributed by atoms with Gasteiger partial charge in [-0.05, 0) is 17.7 Å². The summed E-state index contributed by atoms with van der Waals surface area (Å²) in [5.74, 6) is -1.48. The number of halogens is 1. The number of primary amides is 1. The number of aliphatic carboxylic acids is 1. The number of carboxylic acids is 1. The van der Waals surface area contributed by atoms with Gasteiger partial charge in [0.15, 0.2) is 0 Å². The fraction of sp³-hybridized carbons (Fsp3) is 0.231. The minimum atomic E-state index is -0.924. The number of carboxylic acid groups (broad SMARTS) is 1. The first-order chi connectivity index (χ1) is 8.93. The largest absolute Gasteiger partial charge is 0.480 e. The zero-order valence-electron chi connectivity index (χ0n) is 10.3. The lowest BCUT2D eigenvalue weighted by Crippen LogP contribution is -2.29. The first-order valence-corrected chi connectivity index (χ1v) is 5.95. The van der Waals surface area contributed by atoms with E-state index in [-0.39, 0.29) is 6.54 Å². The fourth-order valence-electron chi connectivity index (χ4n) is 1.63. The molecule has 0 heterocycles. The second-order valence-electron chi connectivity index (χ2n) is 4.02. The third-order valence-electron chi connectivity index (χ3n) is 2.48. The monoisotopic (exact) mass is 282 g/mol. The lowest BCUT2D eigenvalue weighted by atomic mass is 10.1. The predicted molar refractivity (Wildman–Crippen MR) is 73.1 cm³/mol. The summed E-state index contributed by atoms with van der Waals surface area (Å²) < 4.78 is 0. The van der Waals surface area contributed by atoms with Gasteiger partial charge in [-0.2, -0.15) is 0 Å². The summed E-state index contributed by atoms with van der Waals surface area (Å²) in [6.07, 6.45) is 1.62. The number of nitrogens with two attached hydrogens (primary N) is 1. The number of hydrogen-bond acceptors (Lipinski definition) is 3. The molecule has 0 aromatic heterocycles. The van der Waals surface area contributed by atoms with Crippen molar-refractivity contribution in [3.63, 3.8) is 0 Å². The van der Waals surface area contributed by atoms with Gasteiger partial charge in [0.05, 0.1) is 6.54 Å². The molecule has 0 bridgehead atoms. The summed E-state index contributed by atoms with van der Waals surface area (Å²) in [5, 5.41) is 9.19. The molecule has 1 aromatic carbocycles. The van der Waals surface area contributed by atoms with Gasteiger partial charge in [-0.3, -0.25) is 14.5 Å². The van der Waals surface area contributed by atoms with Crippen LogP contribution in [-0.4, -0.2) is 35.0 Å². The molecule has 0 spiro atoms. The predicted octanol–water partition coefficient (Wildman–Crippen LogP) is 1.51. The maximum absolute atomic E-state index is 11.0. The lowest BCUT2D eigenvalue weighted by Gasteiger charge is -2.19. The normalized spacial score (nSPS) is 10.4. The van der Waals surface area contributed by atoms with Crippen molar-refractivity contribution in [2.24, 2.45) is 5.73 Å². The molecule has 6 heteroatoms. The minimum absolute atomic E-state index is 0.111. The van der Waals surface area contributed by atoms with Gasteiger partial charge in [0.2, 0.25) is 5.91 Å². The summed E-state index contributed by atoms with van der Waals surface area (Å²) in [6.45, 7) is 4.26. The summed E-state index contributed by atoms with van der Waals surface area (Å²) >= 11 is 6.05. The van der Waals surface area contributed by atoms with Crippen molar-refractivity contribution in [3.05, 3.63) is 47.0 Å². The molecule has 0 aliphatic rings. The van der Waals surface area contributed by atoms with Gasteiger partial charge in [-0.1, -0.05) is 23.7 Å². The van der Waals surface area contributed by atoms with Crippen molar-refractivity contribution in [2.45, 2.75) is 6.54 Å². The second kappa shape index (κ2) is 6.92. The average molecular weight is 283 g/mol. The summed E-state index contributed by atoms with van der Waals surface area (Å²) in [6, 6.07) is 4.71. The summed E-state index contributed by atoms with van der Waals surface area (Å²) in [4.78, 5) is 23.4. The Bertz CT molecular complexity index is 503. The second-order valence-corrected chi connectivity index (χ2v) is 4.43. The van der Waals surface area contributed by atoms with Crippen LogP contribution in [0.3, 0.4) is 0 Å². The summed E-state index contributed by atoms with van der Waals surface area (Å²) in [5.41, 5.74) is 6.20. The molecule has 1 amide bonds. The molecule has 0 saturated carbocycles. The van der Waals surface area contributed by atoms with Crippen LogP contribution in [0.5, 0.6) is 0 Å². The van der Waals surface area contributed by atoms with E-state index in [9.17, 15) is 9.59 Å². The van der Waals surface area contributed by atoms with Gasteiger partial charge in [0.1, 0.15) is 0 Å². The molecular formula is C13H15ClN2O3. The van der Waals surface area contributed by atoms with Crippen molar-refractivity contribution in [1.29, 1.82) is 0 Å². The smallest absolute Gasteiger partial charge is 0.317 e. The third-order valence-corrected chi connectivity index (χ3v) is 2.83. The Balaban J connectivity index is 2.87. The van der Waals surface area contributed by atoms with Crippen LogP contribution in [0.2, 0.25) is 5.02 Å². The quantitative estimate of drug-likeness (QED) is 0.743. The van der Waals surface area contributed by atoms with E-state index in [1.807, 2.05) is 0 Å². The Morgan fingerprint density at radius 2 is 2.16 bits per heavy atom. The highest BCUT2D eigenvalue weighted by Crippen LogP contribution is 2.19. The zero-order valence-corrected chi connectivity index (χ0v) is 11.1. The molecule has 0 unspecified atom stereocenters. The Morgan fingerprint density at radius 3 is 2.63 bits per heavy atom.